The lowest BCUT2D eigenvalue weighted by atomic mass is 11.0. The highest BCUT2D eigenvalue weighted by atomic mass is 32.3. The largest absolute Gasteiger partial charge is 0.307 e. The van der Waals surface area contributed by atoms with Crippen molar-refractivity contribution < 1.29 is 25.5 Å². The molecular formula is C3H6O6S2. The van der Waals surface area contributed by atoms with Gasteiger partial charge >= 0.3 is 10.1 Å². The van der Waals surface area contributed by atoms with E-state index in [1.54, 1.807) is 0 Å². The summed E-state index contributed by atoms with van der Waals surface area (Å²) in [5.74, 6) is 0. The number of hydrogen-bond acceptors (Lipinski definition) is 5. The summed E-state index contributed by atoms with van der Waals surface area (Å²) in [6.45, 7) is 0.256. The fourth-order valence-electron chi connectivity index (χ4n) is 0.443. The average Bonchev–Trinajstić information content (AvgIpc) is 1.82. The van der Waals surface area contributed by atoms with Gasteiger partial charge in [0.05, 0.1) is 0 Å². The van der Waals surface area contributed by atoms with Gasteiger partial charge in [-0.05, 0) is 6.92 Å². The Balaban J connectivity index is 3.46. The van der Waals surface area contributed by atoms with E-state index in [0.717, 1.165) is 6.92 Å². The van der Waals surface area contributed by atoms with E-state index >= 15 is 0 Å². The van der Waals surface area contributed by atoms with Crippen LogP contribution in [0.3, 0.4) is 0 Å². The Labute approximate surface area is 64.3 Å². The van der Waals surface area contributed by atoms with Crippen molar-refractivity contribution in [3.8, 4) is 0 Å². The summed E-state index contributed by atoms with van der Waals surface area (Å²) in [4.78, 5) is 0. The van der Waals surface area contributed by atoms with Crippen LogP contribution in [0.4, 0.5) is 0 Å². The second-order valence-corrected chi connectivity index (χ2v) is 5.59. The van der Waals surface area contributed by atoms with E-state index in [1.807, 2.05) is 0 Å². The van der Waals surface area contributed by atoms with Crippen LogP contribution in [0.1, 0.15) is 6.92 Å². The van der Waals surface area contributed by atoms with Gasteiger partial charge in [-0.15, -0.1) is 0 Å². The highest BCUT2D eigenvalue weighted by Gasteiger charge is 2.29. The topological polar surface area (TPSA) is 89.9 Å². The van der Waals surface area contributed by atoms with Crippen LogP contribution in [-0.2, 0) is 28.6 Å². The summed E-state index contributed by atoms with van der Waals surface area (Å²) in [5, 5.41) is 0. The first-order chi connectivity index (χ1) is 4.86. The average molecular weight is 202 g/mol. The lowest BCUT2D eigenvalue weighted by molar-refractivity contribution is 0.127. The molecule has 1 heterocycles. The first kappa shape index (κ1) is 8.94. The van der Waals surface area contributed by atoms with Crippen molar-refractivity contribution in [1.29, 1.82) is 0 Å². The van der Waals surface area contributed by atoms with Crippen molar-refractivity contribution in [3.63, 3.8) is 0 Å². The van der Waals surface area contributed by atoms with Crippen molar-refractivity contribution >= 4 is 24.4 Å². The maximum atomic E-state index is 10.8. The predicted octanol–water partition coefficient (Wildman–Crippen LogP) is -0.857. The molecule has 1 aliphatic rings. The lowest BCUT2D eigenvalue weighted by Gasteiger charge is -2.14. The van der Waals surface area contributed by atoms with Crippen LogP contribution in [-0.4, -0.2) is 28.2 Å². The van der Waals surface area contributed by atoms with Crippen LogP contribution in [0.2, 0.25) is 0 Å². The fourth-order valence-corrected chi connectivity index (χ4v) is 2.51. The molecule has 0 amide bonds. The van der Waals surface area contributed by atoms with Gasteiger partial charge in [-0.1, -0.05) is 0 Å². The van der Waals surface area contributed by atoms with Crippen LogP contribution in [0, 0.1) is 0 Å². The summed E-state index contributed by atoms with van der Waals surface area (Å²) in [5.41, 5.74) is 0. The van der Waals surface area contributed by atoms with E-state index in [-0.39, 0.29) is 0 Å². The molecule has 0 spiro atoms. The lowest BCUT2D eigenvalue weighted by Crippen LogP contribution is -2.31. The summed E-state index contributed by atoms with van der Waals surface area (Å²) >= 11 is 0. The highest BCUT2D eigenvalue weighted by Crippen LogP contribution is 2.09. The third-order valence-electron chi connectivity index (χ3n) is 1.13. The van der Waals surface area contributed by atoms with Crippen LogP contribution < -0.4 is 0 Å². The molecule has 0 aliphatic carbocycles. The highest BCUT2D eigenvalue weighted by molar-refractivity contribution is 8.18. The quantitative estimate of drug-likeness (QED) is 0.406. The van der Waals surface area contributed by atoms with Gasteiger partial charge in [-0.3, -0.25) is 4.55 Å². The monoisotopic (exact) mass is 202 g/mol. The predicted molar refractivity (Wildman–Crippen MR) is 37.4 cm³/mol. The summed E-state index contributed by atoms with van der Waals surface area (Å²) in [7, 11) is -7.82. The van der Waals surface area contributed by atoms with Gasteiger partial charge in [-0.2, -0.15) is 8.42 Å². The zero-order chi connectivity index (χ0) is 8.70. The van der Waals surface area contributed by atoms with Crippen LogP contribution >= 0.6 is 0 Å². The first-order valence-electron chi connectivity index (χ1n) is 2.50. The van der Waals surface area contributed by atoms with Gasteiger partial charge in [0.1, 0.15) is 0 Å². The normalized spacial score (nSPS) is 37.1. The third-order valence-corrected chi connectivity index (χ3v) is 4.62. The van der Waals surface area contributed by atoms with Crippen molar-refractivity contribution in [2.75, 3.05) is 6.79 Å². The second kappa shape index (κ2) is 2.42. The van der Waals surface area contributed by atoms with Gasteiger partial charge in [-0.25, -0.2) is 12.6 Å². The minimum atomic E-state index is -4.00. The molecule has 1 unspecified atom stereocenters. The summed E-state index contributed by atoms with van der Waals surface area (Å²) in [6.07, 6.45) is 0. The van der Waals surface area contributed by atoms with E-state index in [0.29, 0.717) is 0 Å². The molecule has 0 aromatic rings. The molecule has 0 saturated carbocycles. The molecular weight excluding hydrogens is 196 g/mol. The molecule has 0 aromatic heterocycles. The third kappa shape index (κ3) is 1.54. The molecule has 1 N–H and O–H groups in total. The molecule has 8 heteroatoms. The van der Waals surface area contributed by atoms with Crippen LogP contribution in [0.25, 0.3) is 0 Å². The van der Waals surface area contributed by atoms with Crippen LogP contribution in [0.15, 0.2) is 0 Å². The smallest absolute Gasteiger partial charge is 0.292 e. The number of rotatable bonds is 0. The Morgan fingerprint density at radius 3 is 2.27 bits per heavy atom. The molecule has 0 bridgehead atoms. The molecule has 1 atom stereocenters. The van der Waals surface area contributed by atoms with Gasteiger partial charge in [0.25, 0.3) is 0 Å². The summed E-state index contributed by atoms with van der Waals surface area (Å²) in [6, 6.07) is 0. The molecule has 6 nitrogen and oxygen atoms in total. The molecule has 11 heavy (non-hydrogen) atoms. The zero-order valence-corrected chi connectivity index (χ0v) is 7.15. The van der Waals surface area contributed by atoms with Crippen molar-refractivity contribution in [3.05, 3.63) is 0 Å². The Kier molecular flexibility index (Phi) is 1.97. The standard InChI is InChI=1S/C3H6O6S2/c1-3-10(4,5)8-2-9-11(3,6)7/h2H2,1H3,(H,4,5). The van der Waals surface area contributed by atoms with E-state index in [2.05, 4.69) is 8.37 Å². The molecule has 1 aliphatic heterocycles. The van der Waals surface area contributed by atoms with E-state index in [4.69, 9.17) is 4.55 Å². The zero-order valence-electron chi connectivity index (χ0n) is 5.51. The van der Waals surface area contributed by atoms with Crippen LogP contribution in [0.5, 0.6) is 0 Å². The Morgan fingerprint density at radius 2 is 1.91 bits per heavy atom. The molecule has 0 saturated heterocycles. The molecule has 0 fully saturated rings. The van der Waals surface area contributed by atoms with E-state index in [1.165, 1.54) is 0 Å². The van der Waals surface area contributed by atoms with Gasteiger partial charge in [0.2, 0.25) is 10.1 Å². The van der Waals surface area contributed by atoms with Gasteiger partial charge in [0, 0.05) is 0 Å². The Hall–Kier alpha value is -0.150. The Bertz CT molecular complexity index is 369. The van der Waals surface area contributed by atoms with Gasteiger partial charge in [0.15, 0.2) is 11.0 Å². The second-order valence-electron chi connectivity index (χ2n) is 1.77. The summed E-state index contributed by atoms with van der Waals surface area (Å²) < 4.78 is 48.6. The fraction of sp³-hybridized carbons (Fsp3) is 0.667. The maximum absolute atomic E-state index is 10.8. The molecule has 0 radical (unpaired) electrons. The van der Waals surface area contributed by atoms with E-state index in [9.17, 15) is 12.6 Å². The maximum Gasteiger partial charge on any atom is 0.307 e. The molecule has 66 valence electrons. The van der Waals surface area contributed by atoms with E-state index < -0.39 is 31.2 Å². The SMILES string of the molecule is CC1=S(=O)(O)OCOS1(=O)=O. The minimum absolute atomic E-state index is 0.698. The van der Waals surface area contributed by atoms with Gasteiger partial charge < -0.3 is 0 Å². The Morgan fingerprint density at radius 1 is 1.36 bits per heavy atom. The molecule has 0 aromatic carbocycles. The first-order valence-corrected chi connectivity index (χ1v) is 5.35. The minimum Gasteiger partial charge on any atom is -0.292 e. The van der Waals surface area contributed by atoms with Crippen molar-refractivity contribution in [2.24, 2.45) is 0 Å². The number of hydrogen-bond donors (Lipinski definition) is 1. The van der Waals surface area contributed by atoms with Crippen molar-refractivity contribution in [2.45, 2.75) is 6.92 Å². The molecule has 1 rings (SSSR count). The van der Waals surface area contributed by atoms with Crippen molar-refractivity contribution in [1.82, 2.24) is 0 Å².